The van der Waals surface area contributed by atoms with Crippen molar-refractivity contribution >= 4 is 5.91 Å². The minimum absolute atomic E-state index is 0.249. The van der Waals surface area contributed by atoms with Gasteiger partial charge in [-0.3, -0.25) is 9.59 Å². The van der Waals surface area contributed by atoms with Gasteiger partial charge in [0.1, 0.15) is 5.69 Å². The van der Waals surface area contributed by atoms with Crippen LogP contribution in [0.2, 0.25) is 0 Å². The van der Waals surface area contributed by atoms with Crippen molar-refractivity contribution in [2.24, 2.45) is 0 Å². The van der Waals surface area contributed by atoms with E-state index in [1.54, 1.807) is 12.1 Å². The lowest BCUT2D eigenvalue weighted by atomic mass is 10.2. The van der Waals surface area contributed by atoms with E-state index in [0.717, 1.165) is 19.3 Å². The SMILES string of the molecule is CCCCCCNC(=O)c1ccc(=O)n(-c2ccccc2)n1. The Morgan fingerprint density at radius 2 is 1.86 bits per heavy atom. The van der Waals surface area contributed by atoms with Gasteiger partial charge in [0.15, 0.2) is 0 Å². The van der Waals surface area contributed by atoms with Crippen LogP contribution in [0.15, 0.2) is 47.3 Å². The van der Waals surface area contributed by atoms with Crippen molar-refractivity contribution in [3.05, 3.63) is 58.5 Å². The fourth-order valence-electron chi connectivity index (χ4n) is 2.13. The molecular formula is C17H21N3O2. The highest BCUT2D eigenvalue weighted by molar-refractivity contribution is 5.92. The molecule has 5 nitrogen and oxygen atoms in total. The van der Waals surface area contributed by atoms with Gasteiger partial charge < -0.3 is 5.32 Å². The van der Waals surface area contributed by atoms with Gasteiger partial charge in [0.25, 0.3) is 11.5 Å². The fraction of sp³-hybridized carbons (Fsp3) is 0.353. The molecule has 0 spiro atoms. The van der Waals surface area contributed by atoms with Crippen molar-refractivity contribution in [1.29, 1.82) is 0 Å². The maximum atomic E-state index is 12.1. The van der Waals surface area contributed by atoms with Gasteiger partial charge in [0.2, 0.25) is 0 Å². The van der Waals surface area contributed by atoms with Gasteiger partial charge in [-0.25, -0.2) is 0 Å². The van der Waals surface area contributed by atoms with Crippen LogP contribution in [-0.2, 0) is 0 Å². The summed E-state index contributed by atoms with van der Waals surface area (Å²) < 4.78 is 1.24. The Hall–Kier alpha value is -2.43. The molecule has 0 bridgehead atoms. The number of carbonyl (C=O) groups excluding carboxylic acids is 1. The first-order valence-corrected chi connectivity index (χ1v) is 7.66. The molecule has 0 saturated carbocycles. The molecule has 2 rings (SSSR count). The van der Waals surface area contributed by atoms with Crippen molar-refractivity contribution in [2.45, 2.75) is 32.6 Å². The molecule has 1 heterocycles. The number of amides is 1. The van der Waals surface area contributed by atoms with Gasteiger partial charge in [0, 0.05) is 12.6 Å². The van der Waals surface area contributed by atoms with Crippen molar-refractivity contribution in [3.8, 4) is 5.69 Å². The smallest absolute Gasteiger partial charge is 0.271 e. The topological polar surface area (TPSA) is 64.0 Å². The van der Waals surface area contributed by atoms with E-state index in [9.17, 15) is 9.59 Å². The van der Waals surface area contributed by atoms with Crippen LogP contribution in [0.4, 0.5) is 0 Å². The number of aromatic nitrogens is 2. The van der Waals surface area contributed by atoms with E-state index in [1.165, 1.54) is 23.2 Å². The Balaban J connectivity index is 2.06. The molecule has 0 aliphatic heterocycles. The zero-order valence-electron chi connectivity index (χ0n) is 12.8. The Morgan fingerprint density at radius 1 is 1.09 bits per heavy atom. The Morgan fingerprint density at radius 3 is 2.59 bits per heavy atom. The van der Waals surface area contributed by atoms with Gasteiger partial charge in [-0.15, -0.1) is 0 Å². The van der Waals surface area contributed by atoms with Crippen molar-refractivity contribution < 1.29 is 4.79 Å². The third-order valence-electron chi connectivity index (χ3n) is 3.35. The van der Waals surface area contributed by atoms with Crippen LogP contribution in [0.5, 0.6) is 0 Å². The number of hydrogen-bond acceptors (Lipinski definition) is 3. The fourth-order valence-corrected chi connectivity index (χ4v) is 2.13. The van der Waals surface area contributed by atoms with Crippen molar-refractivity contribution in [1.82, 2.24) is 15.1 Å². The summed E-state index contributed by atoms with van der Waals surface area (Å²) in [6.07, 6.45) is 4.40. The molecule has 1 aromatic heterocycles. The molecule has 0 fully saturated rings. The summed E-state index contributed by atoms with van der Waals surface area (Å²) in [5.74, 6) is -0.249. The van der Waals surface area contributed by atoms with Crippen LogP contribution >= 0.6 is 0 Å². The van der Waals surface area contributed by atoms with Crippen molar-refractivity contribution in [3.63, 3.8) is 0 Å². The highest BCUT2D eigenvalue weighted by Gasteiger charge is 2.09. The molecular weight excluding hydrogens is 278 g/mol. The maximum Gasteiger partial charge on any atom is 0.271 e. The predicted molar refractivity (Wildman–Crippen MR) is 86.3 cm³/mol. The molecule has 0 unspecified atom stereocenters. The van der Waals surface area contributed by atoms with Crippen LogP contribution < -0.4 is 10.9 Å². The van der Waals surface area contributed by atoms with Gasteiger partial charge in [-0.05, 0) is 24.6 Å². The number of nitrogens with zero attached hydrogens (tertiary/aromatic N) is 2. The van der Waals surface area contributed by atoms with E-state index >= 15 is 0 Å². The summed E-state index contributed by atoms with van der Waals surface area (Å²) in [6, 6.07) is 11.9. The maximum absolute atomic E-state index is 12.1. The van der Waals surface area contributed by atoms with Gasteiger partial charge in [-0.1, -0.05) is 44.4 Å². The highest BCUT2D eigenvalue weighted by atomic mass is 16.2. The first-order valence-electron chi connectivity index (χ1n) is 7.66. The number of hydrogen-bond donors (Lipinski definition) is 1. The predicted octanol–water partition coefficient (Wildman–Crippen LogP) is 2.54. The first kappa shape index (κ1) is 15.9. The number of para-hydroxylation sites is 1. The summed E-state index contributed by atoms with van der Waals surface area (Å²) in [4.78, 5) is 24.0. The number of nitrogens with one attached hydrogen (secondary N) is 1. The van der Waals surface area contributed by atoms with Gasteiger partial charge in [-0.2, -0.15) is 9.78 Å². The van der Waals surface area contributed by atoms with E-state index < -0.39 is 0 Å². The molecule has 0 aliphatic rings. The van der Waals surface area contributed by atoms with Crippen LogP contribution in [0, 0.1) is 0 Å². The molecule has 0 aliphatic carbocycles. The Bertz CT molecular complexity index is 665. The van der Waals surface area contributed by atoms with E-state index in [0.29, 0.717) is 12.2 Å². The van der Waals surface area contributed by atoms with Crippen LogP contribution in [-0.4, -0.2) is 22.2 Å². The summed E-state index contributed by atoms with van der Waals surface area (Å²) in [6.45, 7) is 2.78. The van der Waals surface area contributed by atoms with E-state index in [-0.39, 0.29) is 17.2 Å². The Labute approximate surface area is 130 Å². The lowest BCUT2D eigenvalue weighted by Crippen LogP contribution is -2.29. The number of benzene rings is 1. The largest absolute Gasteiger partial charge is 0.351 e. The second kappa shape index (κ2) is 8.12. The van der Waals surface area contributed by atoms with Gasteiger partial charge >= 0.3 is 0 Å². The summed E-state index contributed by atoms with van der Waals surface area (Å²) in [5.41, 5.74) is 0.634. The normalized spacial score (nSPS) is 10.4. The van der Waals surface area contributed by atoms with Crippen LogP contribution in [0.1, 0.15) is 43.1 Å². The molecule has 5 heteroatoms. The average Bonchev–Trinajstić information content (AvgIpc) is 2.55. The lowest BCUT2D eigenvalue weighted by Gasteiger charge is -2.07. The number of unbranched alkanes of at least 4 members (excludes halogenated alkanes) is 3. The lowest BCUT2D eigenvalue weighted by molar-refractivity contribution is 0.0946. The summed E-state index contributed by atoms with van der Waals surface area (Å²) in [7, 11) is 0. The minimum Gasteiger partial charge on any atom is -0.351 e. The highest BCUT2D eigenvalue weighted by Crippen LogP contribution is 2.03. The summed E-state index contributed by atoms with van der Waals surface area (Å²) in [5, 5.41) is 6.99. The second-order valence-electron chi connectivity index (χ2n) is 5.12. The molecule has 1 aromatic carbocycles. The molecule has 0 radical (unpaired) electrons. The standard InChI is InChI=1S/C17H21N3O2/c1-2-3-4-8-13-18-17(22)15-11-12-16(21)20(19-15)14-9-6-5-7-10-14/h5-7,9-12H,2-4,8,13H2,1H3,(H,18,22). The molecule has 22 heavy (non-hydrogen) atoms. The molecule has 2 aromatic rings. The zero-order valence-corrected chi connectivity index (χ0v) is 12.8. The zero-order chi connectivity index (χ0) is 15.8. The average molecular weight is 299 g/mol. The molecule has 1 amide bonds. The Kier molecular flexibility index (Phi) is 5.89. The molecule has 1 N–H and O–H groups in total. The molecule has 0 saturated heterocycles. The number of rotatable bonds is 7. The third-order valence-corrected chi connectivity index (χ3v) is 3.35. The molecule has 0 atom stereocenters. The van der Waals surface area contributed by atoms with Crippen molar-refractivity contribution in [2.75, 3.05) is 6.54 Å². The minimum atomic E-state index is -0.259. The second-order valence-corrected chi connectivity index (χ2v) is 5.12. The van der Waals surface area contributed by atoms with Gasteiger partial charge in [0.05, 0.1) is 5.69 Å². The third kappa shape index (κ3) is 4.28. The molecule has 116 valence electrons. The van der Waals surface area contributed by atoms with Crippen LogP contribution in [0.25, 0.3) is 5.69 Å². The van der Waals surface area contributed by atoms with E-state index in [4.69, 9.17) is 0 Å². The summed E-state index contributed by atoms with van der Waals surface area (Å²) >= 11 is 0. The van der Waals surface area contributed by atoms with E-state index in [1.807, 2.05) is 18.2 Å². The quantitative estimate of drug-likeness (QED) is 0.799. The van der Waals surface area contributed by atoms with Crippen LogP contribution in [0.3, 0.4) is 0 Å². The number of carbonyl (C=O) groups is 1. The monoisotopic (exact) mass is 299 g/mol. The first-order chi connectivity index (χ1) is 10.7. The van der Waals surface area contributed by atoms with E-state index in [2.05, 4.69) is 17.3 Å².